The summed E-state index contributed by atoms with van der Waals surface area (Å²) in [6.07, 6.45) is 2.33. The van der Waals surface area contributed by atoms with Crippen LogP contribution in [-0.4, -0.2) is 26.6 Å². The molecule has 0 N–H and O–H groups in total. The Labute approximate surface area is 120 Å². The summed E-state index contributed by atoms with van der Waals surface area (Å²) < 4.78 is 1.55. The van der Waals surface area contributed by atoms with Crippen LogP contribution in [0.3, 0.4) is 0 Å². The van der Waals surface area contributed by atoms with E-state index >= 15 is 0 Å². The number of Topliss-reactive ketones (excluding diaryl/α,β-unsaturated/α-hetero) is 2. The van der Waals surface area contributed by atoms with Crippen molar-refractivity contribution in [1.82, 2.24) is 15.0 Å². The Morgan fingerprint density at radius 3 is 2.35 bits per heavy atom. The van der Waals surface area contributed by atoms with E-state index in [0.29, 0.717) is 6.42 Å². The van der Waals surface area contributed by atoms with Crippen LogP contribution in [0.2, 0.25) is 0 Å². The molecule has 112 valence electrons. The van der Waals surface area contributed by atoms with E-state index in [2.05, 4.69) is 10.3 Å². The van der Waals surface area contributed by atoms with Gasteiger partial charge in [-0.3, -0.25) is 9.59 Å². The molecule has 0 radical (unpaired) electrons. The lowest BCUT2D eigenvalue weighted by molar-refractivity contribution is -0.127. The molecule has 0 aliphatic carbocycles. The van der Waals surface area contributed by atoms with E-state index in [1.807, 2.05) is 41.5 Å². The summed E-state index contributed by atoms with van der Waals surface area (Å²) in [6.45, 7) is 11.6. The maximum atomic E-state index is 11.9. The first-order chi connectivity index (χ1) is 9.11. The predicted molar refractivity (Wildman–Crippen MR) is 77.2 cm³/mol. The van der Waals surface area contributed by atoms with Gasteiger partial charge in [0.05, 0.1) is 5.69 Å². The highest BCUT2D eigenvalue weighted by Gasteiger charge is 2.22. The summed E-state index contributed by atoms with van der Waals surface area (Å²) in [5.74, 6) is 0.298. The molecule has 5 nitrogen and oxygen atoms in total. The molecule has 20 heavy (non-hydrogen) atoms. The van der Waals surface area contributed by atoms with E-state index in [1.54, 1.807) is 10.9 Å². The number of ketones is 2. The van der Waals surface area contributed by atoms with E-state index in [1.165, 1.54) is 0 Å². The summed E-state index contributed by atoms with van der Waals surface area (Å²) in [7, 11) is 0. The Bertz CT molecular complexity index is 484. The quantitative estimate of drug-likeness (QED) is 0.801. The third kappa shape index (κ3) is 4.54. The fourth-order valence-corrected chi connectivity index (χ4v) is 1.88. The second kappa shape index (κ2) is 6.29. The van der Waals surface area contributed by atoms with Crippen molar-refractivity contribution in [3.63, 3.8) is 0 Å². The maximum absolute atomic E-state index is 11.9. The number of hydrogen-bond donors (Lipinski definition) is 0. The summed E-state index contributed by atoms with van der Waals surface area (Å²) in [5, 5.41) is 8.00. The van der Waals surface area contributed by atoms with Gasteiger partial charge in [-0.05, 0) is 0 Å². The summed E-state index contributed by atoms with van der Waals surface area (Å²) in [5.41, 5.74) is 0.376. The molecule has 1 rings (SSSR count). The lowest BCUT2D eigenvalue weighted by atomic mass is 9.91. The van der Waals surface area contributed by atoms with Crippen molar-refractivity contribution in [2.75, 3.05) is 0 Å². The largest absolute Gasteiger partial charge is 0.299 e. The van der Waals surface area contributed by atoms with Gasteiger partial charge in [0.1, 0.15) is 12.3 Å². The molecule has 1 aromatic heterocycles. The van der Waals surface area contributed by atoms with Crippen LogP contribution in [0.4, 0.5) is 0 Å². The molecule has 0 saturated heterocycles. The average molecular weight is 279 g/mol. The van der Waals surface area contributed by atoms with Crippen LogP contribution in [0, 0.1) is 17.3 Å². The zero-order valence-corrected chi connectivity index (χ0v) is 13.3. The van der Waals surface area contributed by atoms with Crippen molar-refractivity contribution < 1.29 is 9.59 Å². The van der Waals surface area contributed by atoms with E-state index in [4.69, 9.17) is 0 Å². The Kier molecular flexibility index (Phi) is 5.20. The fourth-order valence-electron chi connectivity index (χ4n) is 1.88. The molecule has 0 spiro atoms. The first kappa shape index (κ1) is 16.5. The monoisotopic (exact) mass is 279 g/mol. The van der Waals surface area contributed by atoms with Gasteiger partial charge in [-0.25, -0.2) is 4.68 Å². The van der Waals surface area contributed by atoms with Gasteiger partial charge in [0.25, 0.3) is 0 Å². The number of rotatable bonds is 6. The van der Waals surface area contributed by atoms with Gasteiger partial charge in [0.2, 0.25) is 0 Å². The van der Waals surface area contributed by atoms with E-state index < -0.39 is 0 Å². The third-order valence-corrected chi connectivity index (χ3v) is 3.30. The molecule has 1 unspecified atom stereocenters. The smallest absolute Gasteiger partial charge is 0.159 e. The first-order valence-electron chi connectivity index (χ1n) is 7.07. The molecule has 0 amide bonds. The van der Waals surface area contributed by atoms with E-state index in [9.17, 15) is 9.59 Å². The fraction of sp³-hybridized carbons (Fsp3) is 0.733. The molecule has 0 aliphatic rings. The Morgan fingerprint density at radius 2 is 1.85 bits per heavy atom. The average Bonchev–Trinajstić information content (AvgIpc) is 2.73. The van der Waals surface area contributed by atoms with Crippen LogP contribution >= 0.6 is 0 Å². The van der Waals surface area contributed by atoms with Crippen molar-refractivity contribution in [1.29, 1.82) is 0 Å². The van der Waals surface area contributed by atoms with E-state index in [0.717, 1.165) is 5.69 Å². The Hall–Kier alpha value is -1.52. The molecule has 1 heterocycles. The minimum atomic E-state index is -0.382. The van der Waals surface area contributed by atoms with Gasteiger partial charge < -0.3 is 0 Å². The second-order valence-electron chi connectivity index (χ2n) is 6.74. The summed E-state index contributed by atoms with van der Waals surface area (Å²) in [6, 6.07) is 0. The minimum absolute atomic E-state index is 0.0301. The Balaban J connectivity index is 2.64. The predicted octanol–water partition coefficient (Wildman–Crippen LogP) is 2.30. The highest BCUT2D eigenvalue weighted by Crippen LogP contribution is 2.16. The number of aromatic nitrogens is 3. The van der Waals surface area contributed by atoms with Crippen LogP contribution in [0.25, 0.3) is 0 Å². The van der Waals surface area contributed by atoms with E-state index in [-0.39, 0.29) is 35.4 Å². The van der Waals surface area contributed by atoms with Crippen molar-refractivity contribution in [2.24, 2.45) is 17.3 Å². The van der Waals surface area contributed by atoms with Crippen LogP contribution in [0.1, 0.15) is 47.2 Å². The molecule has 0 bridgehead atoms. The van der Waals surface area contributed by atoms with Crippen molar-refractivity contribution in [3.8, 4) is 0 Å². The minimum Gasteiger partial charge on any atom is -0.299 e. The Morgan fingerprint density at radius 1 is 1.25 bits per heavy atom. The molecule has 0 fully saturated rings. The SMILES string of the molecule is CC(C)C(=O)C(C)Cc1cn(CC(=O)C(C)(C)C)nn1. The summed E-state index contributed by atoms with van der Waals surface area (Å²) >= 11 is 0. The van der Waals surface area contributed by atoms with Crippen LogP contribution < -0.4 is 0 Å². The molecule has 5 heteroatoms. The van der Waals surface area contributed by atoms with Crippen molar-refractivity contribution in [2.45, 2.75) is 54.5 Å². The molecule has 1 atom stereocenters. The number of carbonyl (C=O) groups excluding carboxylic acids is 2. The first-order valence-corrected chi connectivity index (χ1v) is 7.07. The van der Waals surface area contributed by atoms with Crippen molar-refractivity contribution >= 4 is 11.6 Å². The molecular weight excluding hydrogens is 254 g/mol. The standard InChI is InChI=1S/C15H25N3O2/c1-10(2)14(20)11(3)7-12-8-18(17-16-12)9-13(19)15(4,5)6/h8,10-11H,7,9H2,1-6H3. The number of hydrogen-bond acceptors (Lipinski definition) is 4. The summed E-state index contributed by atoms with van der Waals surface area (Å²) in [4.78, 5) is 23.8. The highest BCUT2D eigenvalue weighted by molar-refractivity contribution is 5.83. The lowest BCUT2D eigenvalue weighted by Crippen LogP contribution is -2.25. The highest BCUT2D eigenvalue weighted by atomic mass is 16.1. The van der Waals surface area contributed by atoms with Crippen LogP contribution in [-0.2, 0) is 22.6 Å². The van der Waals surface area contributed by atoms with Gasteiger partial charge in [-0.2, -0.15) is 0 Å². The van der Waals surface area contributed by atoms with Gasteiger partial charge >= 0.3 is 0 Å². The van der Waals surface area contributed by atoms with Gasteiger partial charge in [0, 0.05) is 29.9 Å². The van der Waals surface area contributed by atoms with Gasteiger partial charge in [-0.15, -0.1) is 5.10 Å². The van der Waals surface area contributed by atoms with Crippen LogP contribution in [0.5, 0.6) is 0 Å². The van der Waals surface area contributed by atoms with Gasteiger partial charge in [0.15, 0.2) is 5.78 Å². The topological polar surface area (TPSA) is 64.8 Å². The lowest BCUT2D eigenvalue weighted by Gasteiger charge is -2.15. The second-order valence-corrected chi connectivity index (χ2v) is 6.74. The molecule has 0 aliphatic heterocycles. The number of carbonyl (C=O) groups is 2. The van der Waals surface area contributed by atoms with Crippen molar-refractivity contribution in [3.05, 3.63) is 11.9 Å². The molecule has 0 aromatic carbocycles. The molecule has 1 aromatic rings. The van der Waals surface area contributed by atoms with Crippen LogP contribution in [0.15, 0.2) is 6.20 Å². The molecular formula is C15H25N3O2. The molecule has 0 saturated carbocycles. The zero-order chi connectivity index (χ0) is 15.5. The maximum Gasteiger partial charge on any atom is 0.159 e. The normalized spacial score (nSPS) is 13.6. The number of nitrogens with zero attached hydrogens (tertiary/aromatic N) is 3. The van der Waals surface area contributed by atoms with Gasteiger partial charge in [-0.1, -0.05) is 46.8 Å². The zero-order valence-electron chi connectivity index (χ0n) is 13.3. The third-order valence-electron chi connectivity index (χ3n) is 3.30.